The number of nitrogens with zero attached hydrogens (tertiary/aromatic N) is 3. The second-order valence-corrected chi connectivity index (χ2v) is 7.47. The van der Waals surface area contributed by atoms with Crippen LogP contribution in [0.4, 0.5) is 0 Å². The average molecular weight is 303 g/mol. The predicted molar refractivity (Wildman–Crippen MR) is 85.4 cm³/mol. The second kappa shape index (κ2) is 5.30. The second-order valence-electron chi connectivity index (χ2n) is 6.56. The number of amides is 1. The molecule has 0 N–H and O–H groups in total. The Hall–Kier alpha value is -1.62. The molecule has 5 heteroatoms. The molecule has 4 nitrogen and oxygen atoms in total. The van der Waals surface area contributed by atoms with E-state index in [1.807, 2.05) is 35.8 Å². The smallest absolute Gasteiger partial charge is 0.254 e. The molecule has 0 atom stereocenters. The predicted octanol–water partition coefficient (Wildman–Crippen LogP) is 3.41. The minimum atomic E-state index is 0.164. The van der Waals surface area contributed by atoms with Crippen LogP contribution in [0.2, 0.25) is 0 Å². The Bertz CT molecular complexity index is 646. The highest BCUT2D eigenvalue weighted by atomic mass is 32.1. The number of rotatable bonds is 2. The van der Waals surface area contributed by atoms with Crippen molar-refractivity contribution < 1.29 is 4.79 Å². The Kier molecular flexibility index (Phi) is 3.61. The Morgan fingerprint density at radius 3 is 2.67 bits per heavy atom. The number of hydrogen-bond donors (Lipinski definition) is 0. The van der Waals surface area contributed by atoms with Crippen LogP contribution in [0.1, 0.15) is 37.0 Å². The highest BCUT2D eigenvalue weighted by Gasteiger charge is 2.28. The fourth-order valence-electron chi connectivity index (χ4n) is 2.65. The molecule has 1 aliphatic heterocycles. The summed E-state index contributed by atoms with van der Waals surface area (Å²) in [5.41, 5.74) is 2.24. The van der Waals surface area contributed by atoms with Crippen molar-refractivity contribution in [2.75, 3.05) is 13.1 Å². The first-order chi connectivity index (χ1) is 9.94. The lowest BCUT2D eigenvalue weighted by Gasteiger charge is -2.36. The number of carbonyl (C=O) groups is 1. The van der Waals surface area contributed by atoms with Crippen molar-refractivity contribution in [2.24, 2.45) is 12.5 Å². The fraction of sp³-hybridized carbons (Fsp3) is 0.500. The van der Waals surface area contributed by atoms with Crippen LogP contribution >= 0.6 is 11.3 Å². The summed E-state index contributed by atoms with van der Waals surface area (Å²) >= 11 is 1.61. The van der Waals surface area contributed by atoms with Crippen molar-refractivity contribution >= 4 is 17.2 Å². The zero-order chi connectivity index (χ0) is 15.0. The monoisotopic (exact) mass is 303 g/mol. The molecule has 1 saturated heterocycles. The van der Waals surface area contributed by atoms with E-state index in [2.05, 4.69) is 18.9 Å². The summed E-state index contributed by atoms with van der Waals surface area (Å²) in [6.45, 7) is 6.29. The Morgan fingerprint density at radius 2 is 2.05 bits per heavy atom. The molecule has 2 aromatic rings. The molecular formula is C16H21N3OS. The van der Waals surface area contributed by atoms with Gasteiger partial charge < -0.3 is 4.90 Å². The Balaban J connectivity index is 1.73. The van der Waals surface area contributed by atoms with E-state index in [9.17, 15) is 4.79 Å². The molecule has 0 unspecified atom stereocenters. The molecule has 0 aliphatic carbocycles. The summed E-state index contributed by atoms with van der Waals surface area (Å²) in [5.74, 6) is 0.164. The summed E-state index contributed by atoms with van der Waals surface area (Å²) in [6, 6.07) is 1.99. The van der Waals surface area contributed by atoms with E-state index in [1.54, 1.807) is 16.0 Å². The van der Waals surface area contributed by atoms with Gasteiger partial charge in [0.1, 0.15) is 0 Å². The molecule has 0 saturated carbocycles. The van der Waals surface area contributed by atoms with E-state index in [0.717, 1.165) is 41.9 Å². The number of carbonyl (C=O) groups excluding carboxylic acids is 1. The molecule has 1 fully saturated rings. The van der Waals surface area contributed by atoms with E-state index in [-0.39, 0.29) is 5.91 Å². The number of thiophene rings is 1. The third-order valence-electron chi connectivity index (χ3n) is 4.24. The lowest BCUT2D eigenvalue weighted by molar-refractivity contribution is 0.0631. The molecule has 1 aliphatic rings. The normalized spacial score (nSPS) is 18.0. The molecule has 0 bridgehead atoms. The van der Waals surface area contributed by atoms with Gasteiger partial charge in [-0.3, -0.25) is 9.48 Å². The molecule has 112 valence electrons. The maximum Gasteiger partial charge on any atom is 0.254 e. The number of aromatic nitrogens is 2. The molecule has 3 heterocycles. The van der Waals surface area contributed by atoms with Crippen LogP contribution in [-0.4, -0.2) is 33.7 Å². The van der Waals surface area contributed by atoms with E-state index < -0.39 is 0 Å². The van der Waals surface area contributed by atoms with Crippen molar-refractivity contribution in [3.8, 4) is 10.4 Å². The van der Waals surface area contributed by atoms with Gasteiger partial charge in [-0.2, -0.15) is 5.10 Å². The third-order valence-corrected chi connectivity index (χ3v) is 5.22. The maximum atomic E-state index is 12.6. The van der Waals surface area contributed by atoms with Gasteiger partial charge in [-0.05, 0) is 24.3 Å². The highest BCUT2D eigenvalue weighted by molar-refractivity contribution is 7.13. The maximum absolute atomic E-state index is 12.6. The molecule has 0 radical (unpaired) electrons. The molecule has 0 aromatic carbocycles. The van der Waals surface area contributed by atoms with Crippen molar-refractivity contribution in [3.63, 3.8) is 0 Å². The molecule has 2 aromatic heterocycles. The summed E-state index contributed by atoms with van der Waals surface area (Å²) in [7, 11) is 1.90. The molecule has 1 amide bonds. The van der Waals surface area contributed by atoms with Crippen LogP contribution in [0.25, 0.3) is 10.4 Å². The molecular weight excluding hydrogens is 282 g/mol. The summed E-state index contributed by atoms with van der Waals surface area (Å²) in [5, 5.41) is 6.14. The van der Waals surface area contributed by atoms with Gasteiger partial charge in [-0.1, -0.05) is 13.8 Å². The summed E-state index contributed by atoms with van der Waals surface area (Å²) in [4.78, 5) is 15.7. The quantitative estimate of drug-likeness (QED) is 0.852. The summed E-state index contributed by atoms with van der Waals surface area (Å²) in [6.07, 6.45) is 5.98. The van der Waals surface area contributed by atoms with Crippen LogP contribution < -0.4 is 0 Å². The largest absolute Gasteiger partial charge is 0.339 e. The van der Waals surface area contributed by atoms with Crippen LogP contribution in [0.5, 0.6) is 0 Å². The molecule has 21 heavy (non-hydrogen) atoms. The first-order valence-corrected chi connectivity index (χ1v) is 8.19. The van der Waals surface area contributed by atoms with E-state index in [0.29, 0.717) is 5.41 Å². The van der Waals surface area contributed by atoms with E-state index >= 15 is 0 Å². The van der Waals surface area contributed by atoms with Gasteiger partial charge in [0.2, 0.25) is 0 Å². The Morgan fingerprint density at radius 1 is 1.33 bits per heavy atom. The van der Waals surface area contributed by atoms with Crippen LogP contribution in [0.15, 0.2) is 23.8 Å². The van der Waals surface area contributed by atoms with Crippen LogP contribution in [-0.2, 0) is 7.05 Å². The number of likely N-dealkylation sites (tertiary alicyclic amines) is 1. The molecule has 0 spiro atoms. The van der Waals surface area contributed by atoms with Crippen molar-refractivity contribution in [2.45, 2.75) is 26.7 Å². The minimum Gasteiger partial charge on any atom is -0.339 e. The standard InChI is InChI=1S/C16H21N3OS/c1-16(2)4-6-19(7-5-16)15(20)12-8-14(21-11-12)13-9-17-18(3)10-13/h8-11H,4-7H2,1-3H3. The zero-order valence-corrected chi connectivity index (χ0v) is 13.6. The Labute approximate surface area is 129 Å². The first kappa shape index (κ1) is 14.3. The molecule has 3 rings (SSSR count). The lowest BCUT2D eigenvalue weighted by atomic mass is 9.82. The van der Waals surface area contributed by atoms with E-state index in [1.165, 1.54) is 0 Å². The highest BCUT2D eigenvalue weighted by Crippen LogP contribution is 2.32. The summed E-state index contributed by atoms with van der Waals surface area (Å²) < 4.78 is 1.78. The van der Waals surface area contributed by atoms with Gasteiger partial charge in [0, 0.05) is 42.2 Å². The van der Waals surface area contributed by atoms with Gasteiger partial charge in [-0.15, -0.1) is 11.3 Å². The van der Waals surface area contributed by atoms with Crippen LogP contribution in [0.3, 0.4) is 0 Å². The minimum absolute atomic E-state index is 0.164. The van der Waals surface area contributed by atoms with Gasteiger partial charge in [0.05, 0.1) is 11.8 Å². The number of hydrogen-bond acceptors (Lipinski definition) is 3. The fourth-order valence-corrected chi connectivity index (χ4v) is 3.51. The van der Waals surface area contributed by atoms with E-state index in [4.69, 9.17) is 0 Å². The van der Waals surface area contributed by atoms with Crippen LogP contribution in [0, 0.1) is 5.41 Å². The van der Waals surface area contributed by atoms with Crippen molar-refractivity contribution in [3.05, 3.63) is 29.4 Å². The zero-order valence-electron chi connectivity index (χ0n) is 12.8. The topological polar surface area (TPSA) is 38.1 Å². The third kappa shape index (κ3) is 3.02. The van der Waals surface area contributed by atoms with Crippen molar-refractivity contribution in [1.82, 2.24) is 14.7 Å². The first-order valence-electron chi connectivity index (χ1n) is 7.31. The number of piperidine rings is 1. The van der Waals surface area contributed by atoms with Gasteiger partial charge in [-0.25, -0.2) is 0 Å². The van der Waals surface area contributed by atoms with Gasteiger partial charge >= 0.3 is 0 Å². The number of aryl methyl sites for hydroxylation is 1. The van der Waals surface area contributed by atoms with Crippen molar-refractivity contribution in [1.29, 1.82) is 0 Å². The SMILES string of the molecule is Cn1cc(-c2cc(C(=O)N3CCC(C)(C)CC3)cs2)cn1. The average Bonchev–Trinajstić information content (AvgIpc) is 3.06. The lowest BCUT2D eigenvalue weighted by Crippen LogP contribution is -2.40. The van der Waals surface area contributed by atoms with Gasteiger partial charge in [0.25, 0.3) is 5.91 Å². The van der Waals surface area contributed by atoms with Gasteiger partial charge in [0.15, 0.2) is 0 Å².